The Morgan fingerprint density at radius 2 is 1.83 bits per heavy atom. The summed E-state index contributed by atoms with van der Waals surface area (Å²) < 4.78 is 11.6. The highest BCUT2D eigenvalue weighted by atomic mass is 16.6. The Labute approximate surface area is 139 Å². The smallest absolute Gasteiger partial charge is 0.163 e. The summed E-state index contributed by atoms with van der Waals surface area (Å²) in [6, 6.07) is 4.90. The van der Waals surface area contributed by atoms with Gasteiger partial charge in [0, 0.05) is 31.3 Å². The van der Waals surface area contributed by atoms with Crippen LogP contribution >= 0.6 is 0 Å². The lowest BCUT2D eigenvalue weighted by molar-refractivity contribution is 0.171. The molecule has 0 saturated heterocycles. The molecule has 4 nitrogen and oxygen atoms in total. The predicted octanol–water partition coefficient (Wildman–Crippen LogP) is 4.05. The van der Waals surface area contributed by atoms with Crippen LogP contribution in [-0.2, 0) is 0 Å². The number of nitrogens with one attached hydrogen (secondary N) is 1. The summed E-state index contributed by atoms with van der Waals surface area (Å²) in [5.74, 6) is 2.63. The molecule has 4 heteroatoms. The Kier molecular flexibility index (Phi) is 4.23. The van der Waals surface area contributed by atoms with Crippen molar-refractivity contribution in [2.24, 2.45) is 5.92 Å². The zero-order chi connectivity index (χ0) is 15.6. The fraction of sp³-hybridized carbons (Fsp3) is 0.684. The van der Waals surface area contributed by atoms with Crippen LogP contribution in [0.25, 0.3) is 0 Å². The highest BCUT2D eigenvalue weighted by molar-refractivity contribution is 5.77. The monoisotopic (exact) mass is 316 g/mol. The third kappa shape index (κ3) is 2.96. The summed E-state index contributed by atoms with van der Waals surface area (Å²) in [5, 5.41) is 3.60. The van der Waals surface area contributed by atoms with Gasteiger partial charge in [-0.05, 0) is 25.2 Å². The zero-order valence-electron chi connectivity index (χ0n) is 14.1. The number of nitrogens with zero attached hydrogens (tertiary/aromatic N) is 1. The second-order valence-corrected chi connectivity index (χ2v) is 7.11. The van der Waals surface area contributed by atoms with Crippen LogP contribution in [0.1, 0.15) is 45.4 Å². The number of anilines is 2. The molecule has 0 radical (unpaired) electrons. The molecule has 2 aliphatic heterocycles. The first-order chi connectivity index (χ1) is 11.3. The van der Waals surface area contributed by atoms with Gasteiger partial charge in [-0.15, -0.1) is 0 Å². The molecular formula is C19H28N2O2. The second kappa shape index (κ2) is 6.50. The van der Waals surface area contributed by atoms with Gasteiger partial charge in [0.05, 0.1) is 11.4 Å². The van der Waals surface area contributed by atoms with Gasteiger partial charge in [-0.1, -0.05) is 26.2 Å². The van der Waals surface area contributed by atoms with Crippen molar-refractivity contribution in [1.82, 2.24) is 0 Å². The van der Waals surface area contributed by atoms with E-state index in [-0.39, 0.29) is 0 Å². The Bertz CT molecular complexity index is 555. The van der Waals surface area contributed by atoms with Gasteiger partial charge in [-0.3, -0.25) is 0 Å². The average Bonchev–Trinajstić information content (AvgIpc) is 2.61. The van der Waals surface area contributed by atoms with Gasteiger partial charge in [0.1, 0.15) is 13.2 Å². The maximum Gasteiger partial charge on any atom is 0.163 e. The topological polar surface area (TPSA) is 33.7 Å². The van der Waals surface area contributed by atoms with E-state index >= 15 is 0 Å². The lowest BCUT2D eigenvalue weighted by atomic mass is 9.88. The third-order valence-electron chi connectivity index (χ3n) is 5.59. The number of hydrogen-bond donors (Lipinski definition) is 1. The second-order valence-electron chi connectivity index (χ2n) is 7.11. The summed E-state index contributed by atoms with van der Waals surface area (Å²) in [6.07, 6.45) is 8.18. The standard InChI is InChI=1S/C19H28N2O2/c1-2-15-12-20-16-10-18-19(23-9-8-22-18)11-17(16)21(15)13-14-6-4-3-5-7-14/h10-11,14-15,20H,2-9,12-13H2,1H3. The molecule has 1 aromatic rings. The number of rotatable bonds is 3. The summed E-state index contributed by atoms with van der Waals surface area (Å²) in [6.45, 7) is 5.81. The van der Waals surface area contributed by atoms with Crippen molar-refractivity contribution in [2.75, 3.05) is 36.5 Å². The number of benzene rings is 1. The highest BCUT2D eigenvalue weighted by Crippen LogP contribution is 2.43. The van der Waals surface area contributed by atoms with Crippen molar-refractivity contribution in [2.45, 2.75) is 51.5 Å². The summed E-state index contributed by atoms with van der Waals surface area (Å²) in [4.78, 5) is 2.64. The molecule has 1 saturated carbocycles. The van der Waals surface area contributed by atoms with Gasteiger partial charge in [0.2, 0.25) is 0 Å². The van der Waals surface area contributed by atoms with E-state index in [0.29, 0.717) is 19.3 Å². The van der Waals surface area contributed by atoms with Crippen LogP contribution in [0.5, 0.6) is 11.5 Å². The molecule has 1 atom stereocenters. The lowest BCUT2D eigenvalue weighted by Gasteiger charge is -2.42. The van der Waals surface area contributed by atoms with Crippen LogP contribution in [0.4, 0.5) is 11.4 Å². The van der Waals surface area contributed by atoms with E-state index in [9.17, 15) is 0 Å². The van der Waals surface area contributed by atoms with Crippen molar-refractivity contribution < 1.29 is 9.47 Å². The maximum absolute atomic E-state index is 5.82. The molecule has 0 amide bonds. The minimum absolute atomic E-state index is 0.576. The molecule has 0 spiro atoms. The summed E-state index contributed by atoms with van der Waals surface area (Å²) in [5.41, 5.74) is 2.51. The predicted molar refractivity (Wildman–Crippen MR) is 93.9 cm³/mol. The van der Waals surface area contributed by atoms with E-state index in [1.54, 1.807) is 0 Å². The molecule has 1 fully saturated rings. The van der Waals surface area contributed by atoms with Gasteiger partial charge >= 0.3 is 0 Å². The largest absolute Gasteiger partial charge is 0.486 e. The van der Waals surface area contributed by atoms with E-state index in [1.807, 2.05) is 0 Å². The van der Waals surface area contributed by atoms with E-state index in [4.69, 9.17) is 9.47 Å². The van der Waals surface area contributed by atoms with Crippen LogP contribution in [0.3, 0.4) is 0 Å². The maximum atomic E-state index is 5.82. The zero-order valence-corrected chi connectivity index (χ0v) is 14.1. The molecule has 23 heavy (non-hydrogen) atoms. The Morgan fingerprint density at radius 3 is 2.57 bits per heavy atom. The molecule has 0 bridgehead atoms. The summed E-state index contributed by atoms with van der Waals surface area (Å²) >= 11 is 0. The van der Waals surface area contributed by atoms with E-state index in [0.717, 1.165) is 24.0 Å². The Balaban J connectivity index is 1.63. The number of fused-ring (bicyclic) bond motifs is 2. The minimum Gasteiger partial charge on any atom is -0.486 e. The van der Waals surface area contributed by atoms with Crippen LogP contribution in [-0.4, -0.2) is 32.3 Å². The summed E-state index contributed by atoms with van der Waals surface area (Å²) in [7, 11) is 0. The van der Waals surface area contributed by atoms with Crippen LogP contribution < -0.4 is 19.7 Å². The molecule has 126 valence electrons. The van der Waals surface area contributed by atoms with Crippen LogP contribution in [0.2, 0.25) is 0 Å². The van der Waals surface area contributed by atoms with Crippen molar-refractivity contribution in [3.8, 4) is 11.5 Å². The fourth-order valence-corrected chi connectivity index (χ4v) is 4.25. The van der Waals surface area contributed by atoms with Crippen molar-refractivity contribution in [3.05, 3.63) is 12.1 Å². The molecule has 4 rings (SSSR count). The molecule has 1 aliphatic carbocycles. The molecule has 1 N–H and O–H groups in total. The fourth-order valence-electron chi connectivity index (χ4n) is 4.25. The normalized spacial score (nSPS) is 24.0. The quantitative estimate of drug-likeness (QED) is 0.912. The van der Waals surface area contributed by atoms with E-state index < -0.39 is 0 Å². The molecule has 1 unspecified atom stereocenters. The van der Waals surface area contributed by atoms with Gasteiger partial charge in [-0.2, -0.15) is 0 Å². The molecule has 2 heterocycles. The van der Waals surface area contributed by atoms with Crippen molar-refractivity contribution in [1.29, 1.82) is 0 Å². The Hall–Kier alpha value is -1.58. The van der Waals surface area contributed by atoms with Crippen LogP contribution in [0.15, 0.2) is 12.1 Å². The Morgan fingerprint density at radius 1 is 1.09 bits per heavy atom. The lowest BCUT2D eigenvalue weighted by Crippen LogP contribution is -2.46. The molecule has 1 aromatic carbocycles. The SMILES string of the molecule is CCC1CNc2cc3c(cc2N1CC1CCCCC1)OCCO3. The van der Waals surface area contributed by atoms with Gasteiger partial charge in [0.15, 0.2) is 11.5 Å². The average molecular weight is 316 g/mol. The molecular weight excluding hydrogens is 288 g/mol. The first kappa shape index (κ1) is 15.0. The first-order valence-electron chi connectivity index (χ1n) is 9.29. The molecule has 0 aromatic heterocycles. The van der Waals surface area contributed by atoms with Gasteiger partial charge in [0.25, 0.3) is 0 Å². The van der Waals surface area contributed by atoms with Gasteiger partial charge < -0.3 is 19.7 Å². The minimum atomic E-state index is 0.576. The highest BCUT2D eigenvalue weighted by Gasteiger charge is 2.29. The van der Waals surface area contributed by atoms with E-state index in [1.165, 1.54) is 56.4 Å². The van der Waals surface area contributed by atoms with Crippen molar-refractivity contribution in [3.63, 3.8) is 0 Å². The number of ether oxygens (including phenoxy) is 2. The number of hydrogen-bond acceptors (Lipinski definition) is 4. The molecule has 3 aliphatic rings. The van der Waals surface area contributed by atoms with E-state index in [2.05, 4.69) is 29.3 Å². The van der Waals surface area contributed by atoms with Gasteiger partial charge in [-0.25, -0.2) is 0 Å². The van der Waals surface area contributed by atoms with Crippen molar-refractivity contribution >= 4 is 11.4 Å². The van der Waals surface area contributed by atoms with Crippen LogP contribution in [0, 0.1) is 5.92 Å². The first-order valence-corrected chi connectivity index (χ1v) is 9.29. The third-order valence-corrected chi connectivity index (χ3v) is 5.59.